The van der Waals surface area contributed by atoms with Gasteiger partial charge in [-0.3, -0.25) is 0 Å². The number of nitrogens with zero attached hydrogens (tertiary/aromatic N) is 3. The van der Waals surface area contributed by atoms with E-state index in [1.54, 1.807) is 0 Å². The van der Waals surface area contributed by atoms with Gasteiger partial charge in [-0.15, -0.1) is 11.3 Å². The van der Waals surface area contributed by atoms with Crippen molar-refractivity contribution in [3.8, 4) is 16.8 Å². The Labute approximate surface area is 341 Å². The van der Waals surface area contributed by atoms with Crippen LogP contribution in [-0.4, -0.2) is 4.57 Å². The molecule has 0 bridgehead atoms. The lowest BCUT2D eigenvalue weighted by atomic mass is 10.0. The van der Waals surface area contributed by atoms with Gasteiger partial charge in [-0.25, -0.2) is 0 Å². The standard InChI is InChI=1S/C54H37N3S/c1-5-18-40(19-6-1)55(41-20-7-2-8-21-41)44-26-15-17-38(35-44)39-31-32-49-51(36-39)57(50-34-33-48-47-29-13-14-30-52(47)58-54(48)53(49)50)46-28-16-27-45(37-46)56(42-22-9-3-10-23-42)43-24-11-4-12-25-43/h1-37H. The molecule has 4 heteroatoms. The molecule has 0 aliphatic carbocycles. The molecule has 0 radical (unpaired) electrons. The molecule has 0 amide bonds. The van der Waals surface area contributed by atoms with Crippen LogP contribution in [0.4, 0.5) is 34.1 Å². The maximum absolute atomic E-state index is 2.47. The molecule has 3 nitrogen and oxygen atoms in total. The van der Waals surface area contributed by atoms with E-state index < -0.39 is 0 Å². The van der Waals surface area contributed by atoms with E-state index in [4.69, 9.17) is 0 Å². The fraction of sp³-hybridized carbons (Fsp3) is 0. The van der Waals surface area contributed by atoms with Crippen LogP contribution in [0.15, 0.2) is 224 Å². The molecule has 0 fully saturated rings. The van der Waals surface area contributed by atoms with Gasteiger partial charge < -0.3 is 14.4 Å². The van der Waals surface area contributed by atoms with Crippen molar-refractivity contribution >= 4 is 87.4 Å². The molecular weight excluding hydrogens is 723 g/mol. The highest BCUT2D eigenvalue weighted by Gasteiger charge is 2.20. The monoisotopic (exact) mass is 759 g/mol. The molecule has 11 rings (SSSR count). The first kappa shape index (κ1) is 33.9. The molecule has 0 aliphatic heterocycles. The van der Waals surface area contributed by atoms with Crippen molar-refractivity contribution in [3.63, 3.8) is 0 Å². The molecule has 274 valence electrons. The fourth-order valence-electron chi connectivity index (χ4n) is 8.54. The SMILES string of the molecule is c1ccc(N(c2ccccc2)c2cccc(-c3ccc4c5c6sc7ccccc7c6ccc5n(-c5cccc(N(c6ccccc6)c6ccccc6)c5)c4c3)c2)cc1. The van der Waals surface area contributed by atoms with Crippen LogP contribution in [0.3, 0.4) is 0 Å². The van der Waals surface area contributed by atoms with E-state index in [-0.39, 0.29) is 0 Å². The number of hydrogen-bond acceptors (Lipinski definition) is 3. The summed E-state index contributed by atoms with van der Waals surface area (Å²) in [5.41, 5.74) is 12.5. The second kappa shape index (κ2) is 14.3. The average Bonchev–Trinajstić information content (AvgIpc) is 3.84. The van der Waals surface area contributed by atoms with E-state index in [9.17, 15) is 0 Å². The van der Waals surface area contributed by atoms with Crippen LogP contribution in [-0.2, 0) is 0 Å². The fourth-order valence-corrected chi connectivity index (χ4v) is 9.80. The number of para-hydroxylation sites is 4. The number of hydrogen-bond donors (Lipinski definition) is 0. The number of thiophene rings is 1. The van der Waals surface area contributed by atoms with Gasteiger partial charge in [-0.05, 0) is 108 Å². The molecule has 9 aromatic carbocycles. The zero-order valence-electron chi connectivity index (χ0n) is 31.6. The lowest BCUT2D eigenvalue weighted by Crippen LogP contribution is -2.10. The van der Waals surface area contributed by atoms with Gasteiger partial charge in [0.15, 0.2) is 0 Å². The van der Waals surface area contributed by atoms with Gasteiger partial charge in [0.05, 0.1) is 11.0 Å². The summed E-state index contributed by atoms with van der Waals surface area (Å²) in [5, 5.41) is 5.15. The van der Waals surface area contributed by atoms with Crippen LogP contribution < -0.4 is 9.80 Å². The Morgan fingerprint density at radius 3 is 1.45 bits per heavy atom. The first-order valence-corrected chi connectivity index (χ1v) is 20.5. The van der Waals surface area contributed by atoms with Gasteiger partial charge in [0.2, 0.25) is 0 Å². The lowest BCUT2D eigenvalue weighted by Gasteiger charge is -2.26. The Hall–Kier alpha value is -7.40. The number of anilines is 6. The molecule has 0 unspecified atom stereocenters. The maximum atomic E-state index is 2.47. The summed E-state index contributed by atoms with van der Waals surface area (Å²) in [6.07, 6.45) is 0. The Morgan fingerprint density at radius 2 is 0.828 bits per heavy atom. The summed E-state index contributed by atoms with van der Waals surface area (Å²) in [7, 11) is 0. The molecule has 0 saturated heterocycles. The summed E-state index contributed by atoms with van der Waals surface area (Å²) >= 11 is 1.89. The Bertz CT molecular complexity index is 3150. The zero-order valence-corrected chi connectivity index (χ0v) is 32.4. The van der Waals surface area contributed by atoms with E-state index in [1.807, 2.05) is 11.3 Å². The van der Waals surface area contributed by atoms with Crippen molar-refractivity contribution in [3.05, 3.63) is 224 Å². The summed E-state index contributed by atoms with van der Waals surface area (Å²) in [6.45, 7) is 0. The summed E-state index contributed by atoms with van der Waals surface area (Å²) in [5.74, 6) is 0. The van der Waals surface area contributed by atoms with Crippen LogP contribution in [0.1, 0.15) is 0 Å². The van der Waals surface area contributed by atoms with Crippen LogP contribution in [0.2, 0.25) is 0 Å². The second-order valence-corrected chi connectivity index (χ2v) is 15.6. The largest absolute Gasteiger partial charge is 0.310 e. The summed E-state index contributed by atoms with van der Waals surface area (Å²) in [6, 6.07) is 80.9. The molecule has 0 spiro atoms. The smallest absolute Gasteiger partial charge is 0.0555 e. The van der Waals surface area contributed by atoms with Crippen LogP contribution in [0, 0.1) is 0 Å². The molecule has 0 aliphatic rings. The molecule has 0 atom stereocenters. The van der Waals surface area contributed by atoms with Crippen LogP contribution in [0.5, 0.6) is 0 Å². The van der Waals surface area contributed by atoms with Crippen molar-refractivity contribution in [1.29, 1.82) is 0 Å². The van der Waals surface area contributed by atoms with E-state index in [0.717, 1.165) is 45.4 Å². The third kappa shape index (κ3) is 5.82. The van der Waals surface area contributed by atoms with E-state index >= 15 is 0 Å². The third-order valence-electron chi connectivity index (χ3n) is 11.1. The quantitative estimate of drug-likeness (QED) is 0.153. The van der Waals surface area contributed by atoms with Gasteiger partial charge in [-0.1, -0.05) is 127 Å². The minimum Gasteiger partial charge on any atom is -0.310 e. The Balaban J connectivity index is 1.13. The molecule has 0 N–H and O–H groups in total. The van der Waals surface area contributed by atoms with E-state index in [1.165, 1.54) is 47.5 Å². The van der Waals surface area contributed by atoms with Gasteiger partial charge in [0.1, 0.15) is 0 Å². The van der Waals surface area contributed by atoms with E-state index in [2.05, 4.69) is 239 Å². The average molecular weight is 760 g/mol. The van der Waals surface area contributed by atoms with Crippen LogP contribution >= 0.6 is 11.3 Å². The molecule has 2 heterocycles. The summed E-state index contributed by atoms with van der Waals surface area (Å²) in [4.78, 5) is 4.66. The zero-order chi connectivity index (χ0) is 38.4. The molecule has 2 aromatic heterocycles. The molecule has 58 heavy (non-hydrogen) atoms. The summed E-state index contributed by atoms with van der Waals surface area (Å²) < 4.78 is 5.11. The van der Waals surface area contributed by atoms with Crippen molar-refractivity contribution in [1.82, 2.24) is 4.57 Å². The lowest BCUT2D eigenvalue weighted by molar-refractivity contribution is 1.17. The van der Waals surface area contributed by atoms with E-state index in [0.29, 0.717) is 0 Å². The minimum atomic E-state index is 1.10. The number of benzene rings is 9. The topological polar surface area (TPSA) is 11.4 Å². The number of rotatable bonds is 8. The van der Waals surface area contributed by atoms with Crippen molar-refractivity contribution in [2.75, 3.05) is 9.80 Å². The van der Waals surface area contributed by atoms with Crippen LogP contribution in [0.25, 0.3) is 58.8 Å². The highest BCUT2D eigenvalue weighted by Crippen LogP contribution is 2.45. The predicted octanol–water partition coefficient (Wildman–Crippen LogP) is 15.8. The maximum Gasteiger partial charge on any atom is 0.0555 e. The molecule has 11 aromatic rings. The third-order valence-corrected chi connectivity index (χ3v) is 12.3. The van der Waals surface area contributed by atoms with Gasteiger partial charge >= 0.3 is 0 Å². The Kier molecular flexibility index (Phi) is 8.34. The normalized spacial score (nSPS) is 11.4. The highest BCUT2D eigenvalue weighted by molar-refractivity contribution is 7.26. The first-order chi connectivity index (χ1) is 28.8. The van der Waals surface area contributed by atoms with Crippen molar-refractivity contribution < 1.29 is 0 Å². The van der Waals surface area contributed by atoms with Gasteiger partial charge in [0, 0.05) is 70.8 Å². The predicted molar refractivity (Wildman–Crippen MR) is 248 cm³/mol. The second-order valence-electron chi connectivity index (χ2n) is 14.6. The highest BCUT2D eigenvalue weighted by atomic mass is 32.1. The van der Waals surface area contributed by atoms with Crippen molar-refractivity contribution in [2.45, 2.75) is 0 Å². The molecular formula is C54H37N3S. The minimum absolute atomic E-state index is 1.10. The van der Waals surface area contributed by atoms with Gasteiger partial charge in [0.25, 0.3) is 0 Å². The first-order valence-electron chi connectivity index (χ1n) is 19.7. The number of aromatic nitrogens is 1. The Morgan fingerprint density at radius 1 is 0.328 bits per heavy atom. The van der Waals surface area contributed by atoms with Gasteiger partial charge in [-0.2, -0.15) is 0 Å². The van der Waals surface area contributed by atoms with Crippen molar-refractivity contribution in [2.24, 2.45) is 0 Å². The molecule has 0 saturated carbocycles. The number of fused-ring (bicyclic) bond motifs is 7.